The van der Waals surface area contributed by atoms with Crippen LogP contribution in [0.15, 0.2) is 71.8 Å². The molecule has 2 amide bonds. The number of carbonyl (C=O) groups is 2. The van der Waals surface area contributed by atoms with Crippen molar-refractivity contribution in [1.29, 1.82) is 0 Å². The van der Waals surface area contributed by atoms with E-state index in [1.807, 2.05) is 18.2 Å². The maximum absolute atomic E-state index is 13.1. The minimum Gasteiger partial charge on any atom is -0.456 e. The molecule has 0 spiro atoms. The van der Waals surface area contributed by atoms with Crippen molar-refractivity contribution in [3.63, 3.8) is 0 Å². The molecule has 3 heterocycles. The van der Waals surface area contributed by atoms with Gasteiger partial charge in [-0.2, -0.15) is 0 Å². The topological polar surface area (TPSA) is 120 Å². The normalized spacial score (nSPS) is 13.0. The zero-order valence-corrected chi connectivity index (χ0v) is 20.5. The number of ether oxygens (including phenoxy) is 1. The lowest BCUT2D eigenvalue weighted by molar-refractivity contribution is -0.122. The number of hydrogen-bond donors (Lipinski definition) is 2. The molecule has 0 aliphatic heterocycles. The van der Waals surface area contributed by atoms with Crippen LogP contribution in [0, 0.1) is 12.8 Å². The van der Waals surface area contributed by atoms with Gasteiger partial charge in [-0.3, -0.25) is 19.1 Å². The number of para-hydroxylation sites is 1. The number of aromatic nitrogens is 4. The highest BCUT2D eigenvalue weighted by Gasteiger charge is 2.25. The number of anilines is 2. The fourth-order valence-electron chi connectivity index (χ4n) is 4.10. The summed E-state index contributed by atoms with van der Waals surface area (Å²) in [5, 5.41) is 5.50. The number of pyridine rings is 2. The molecule has 0 bridgehead atoms. The molecule has 1 aromatic carbocycles. The number of benzene rings is 1. The van der Waals surface area contributed by atoms with Crippen LogP contribution >= 0.6 is 0 Å². The molecule has 0 atom stereocenters. The Hall–Kier alpha value is -4.73. The van der Waals surface area contributed by atoms with E-state index in [1.165, 1.54) is 10.9 Å². The molecule has 0 radical (unpaired) electrons. The first-order valence-corrected chi connectivity index (χ1v) is 12.0. The van der Waals surface area contributed by atoms with Crippen molar-refractivity contribution in [3.8, 4) is 17.2 Å². The van der Waals surface area contributed by atoms with Crippen LogP contribution in [0.25, 0.3) is 5.69 Å². The summed E-state index contributed by atoms with van der Waals surface area (Å²) >= 11 is 0. The smallest absolute Gasteiger partial charge is 0.284 e. The van der Waals surface area contributed by atoms with E-state index in [1.54, 1.807) is 61.2 Å². The van der Waals surface area contributed by atoms with Gasteiger partial charge in [-0.1, -0.05) is 24.6 Å². The second kappa shape index (κ2) is 10.1. The Morgan fingerprint density at radius 1 is 0.973 bits per heavy atom. The summed E-state index contributed by atoms with van der Waals surface area (Å²) in [6.45, 7) is 1.72. The van der Waals surface area contributed by atoms with Gasteiger partial charge in [0.05, 0.1) is 17.6 Å². The fraction of sp³-hybridized carbons (Fsp3) is 0.222. The number of rotatable bonds is 7. The van der Waals surface area contributed by atoms with Gasteiger partial charge in [-0.15, -0.1) is 0 Å². The maximum atomic E-state index is 13.1. The van der Waals surface area contributed by atoms with E-state index in [-0.39, 0.29) is 23.2 Å². The van der Waals surface area contributed by atoms with Crippen molar-refractivity contribution in [1.82, 2.24) is 19.3 Å². The zero-order valence-electron chi connectivity index (χ0n) is 20.5. The molecule has 37 heavy (non-hydrogen) atoms. The molecule has 1 aliphatic rings. The van der Waals surface area contributed by atoms with E-state index >= 15 is 0 Å². The van der Waals surface area contributed by atoms with Crippen LogP contribution in [-0.2, 0) is 11.8 Å². The van der Waals surface area contributed by atoms with Crippen LogP contribution in [-0.4, -0.2) is 31.1 Å². The van der Waals surface area contributed by atoms with Gasteiger partial charge in [0.1, 0.15) is 28.7 Å². The molecule has 188 valence electrons. The van der Waals surface area contributed by atoms with Gasteiger partial charge in [0.2, 0.25) is 5.91 Å². The number of hydrogen-bond acceptors (Lipinski definition) is 6. The molecule has 0 unspecified atom stereocenters. The summed E-state index contributed by atoms with van der Waals surface area (Å²) in [5.41, 5.74) is 0.825. The molecule has 0 saturated heterocycles. The minimum atomic E-state index is -0.546. The fourth-order valence-corrected chi connectivity index (χ4v) is 4.10. The van der Waals surface area contributed by atoms with Crippen molar-refractivity contribution in [2.45, 2.75) is 26.2 Å². The van der Waals surface area contributed by atoms with Gasteiger partial charge in [-0.25, -0.2) is 14.6 Å². The van der Waals surface area contributed by atoms with Crippen LogP contribution < -0.4 is 20.9 Å². The summed E-state index contributed by atoms with van der Waals surface area (Å²) in [6.07, 6.45) is 5.91. The average molecular weight is 499 g/mol. The van der Waals surface area contributed by atoms with E-state index in [2.05, 4.69) is 20.6 Å². The molecule has 10 heteroatoms. The molecule has 3 aromatic heterocycles. The van der Waals surface area contributed by atoms with Gasteiger partial charge < -0.3 is 15.4 Å². The lowest BCUT2D eigenvalue weighted by Gasteiger charge is -2.23. The lowest BCUT2D eigenvalue weighted by Crippen LogP contribution is -2.28. The monoisotopic (exact) mass is 498 g/mol. The van der Waals surface area contributed by atoms with Crippen molar-refractivity contribution in [3.05, 3.63) is 88.6 Å². The van der Waals surface area contributed by atoms with Crippen LogP contribution in [0.1, 0.15) is 35.3 Å². The summed E-state index contributed by atoms with van der Waals surface area (Å²) in [6, 6.07) is 15.7. The third-order valence-electron chi connectivity index (χ3n) is 6.45. The highest BCUT2D eigenvalue weighted by atomic mass is 16.5. The van der Waals surface area contributed by atoms with Crippen molar-refractivity contribution in [2.24, 2.45) is 13.0 Å². The summed E-state index contributed by atoms with van der Waals surface area (Å²) in [7, 11) is 1.73. The second-order valence-electron chi connectivity index (χ2n) is 8.87. The number of carbonyl (C=O) groups excluding carboxylic acids is 2. The average Bonchev–Trinajstić information content (AvgIpc) is 3.07. The van der Waals surface area contributed by atoms with E-state index in [0.717, 1.165) is 19.3 Å². The van der Waals surface area contributed by atoms with Crippen LogP contribution in [0.2, 0.25) is 0 Å². The standard InChI is InChI=1S/C27H26N6O4/c1-17-24(27(36)33(32(17)2)19-9-4-3-5-10-19)26(35)30-22-12-11-21(16-29-22)37-20-13-14-28-23(15-20)31-25(34)18-7-6-8-18/h3-5,9-16,18H,6-8H2,1-2H3,(H,28,31,34)(H,29,30,35). The Morgan fingerprint density at radius 2 is 1.76 bits per heavy atom. The summed E-state index contributed by atoms with van der Waals surface area (Å²) < 4.78 is 8.93. The number of amides is 2. The third-order valence-corrected chi connectivity index (χ3v) is 6.45. The lowest BCUT2D eigenvalue weighted by atomic mass is 9.85. The molecule has 1 fully saturated rings. The molecular formula is C27H26N6O4. The quantitative estimate of drug-likeness (QED) is 0.397. The molecule has 1 aliphatic carbocycles. The number of nitrogens with zero attached hydrogens (tertiary/aromatic N) is 4. The first-order valence-electron chi connectivity index (χ1n) is 12.0. The van der Waals surface area contributed by atoms with Gasteiger partial charge in [0.15, 0.2) is 0 Å². The van der Waals surface area contributed by atoms with Crippen LogP contribution in [0.5, 0.6) is 11.5 Å². The van der Waals surface area contributed by atoms with E-state index in [0.29, 0.717) is 28.7 Å². The van der Waals surface area contributed by atoms with Crippen LogP contribution in [0.3, 0.4) is 0 Å². The Kier molecular flexibility index (Phi) is 6.55. The Balaban J connectivity index is 1.26. The van der Waals surface area contributed by atoms with Crippen molar-refractivity contribution in [2.75, 3.05) is 10.6 Å². The van der Waals surface area contributed by atoms with Gasteiger partial charge in [0.25, 0.3) is 11.5 Å². The molecular weight excluding hydrogens is 472 g/mol. The Bertz CT molecular complexity index is 1500. The summed E-state index contributed by atoms with van der Waals surface area (Å²) in [4.78, 5) is 46.6. The Morgan fingerprint density at radius 3 is 2.43 bits per heavy atom. The molecule has 10 nitrogen and oxygen atoms in total. The SMILES string of the molecule is Cc1c(C(=O)Nc2ccc(Oc3ccnc(NC(=O)C4CCC4)c3)cn2)c(=O)n(-c2ccccc2)n1C. The van der Waals surface area contributed by atoms with Crippen molar-refractivity contribution >= 4 is 23.5 Å². The first-order chi connectivity index (χ1) is 17.9. The predicted octanol–water partition coefficient (Wildman–Crippen LogP) is 4.06. The summed E-state index contributed by atoms with van der Waals surface area (Å²) in [5.74, 6) is 1.10. The molecule has 4 aromatic rings. The van der Waals surface area contributed by atoms with Crippen molar-refractivity contribution < 1.29 is 14.3 Å². The minimum absolute atomic E-state index is 0.0261. The van der Waals surface area contributed by atoms with E-state index < -0.39 is 11.5 Å². The second-order valence-corrected chi connectivity index (χ2v) is 8.87. The molecule has 2 N–H and O–H groups in total. The largest absolute Gasteiger partial charge is 0.456 e. The Labute approximate surface area is 212 Å². The van der Waals surface area contributed by atoms with E-state index in [9.17, 15) is 14.4 Å². The zero-order chi connectivity index (χ0) is 25.9. The maximum Gasteiger partial charge on any atom is 0.284 e. The highest BCUT2D eigenvalue weighted by molar-refractivity contribution is 6.04. The third kappa shape index (κ3) is 4.99. The molecule has 1 saturated carbocycles. The number of nitrogens with one attached hydrogen (secondary N) is 2. The van der Waals surface area contributed by atoms with Crippen LogP contribution in [0.4, 0.5) is 11.6 Å². The highest BCUT2D eigenvalue weighted by Crippen LogP contribution is 2.28. The van der Waals surface area contributed by atoms with Gasteiger partial charge >= 0.3 is 0 Å². The van der Waals surface area contributed by atoms with Gasteiger partial charge in [0, 0.05) is 25.2 Å². The van der Waals surface area contributed by atoms with E-state index in [4.69, 9.17) is 4.74 Å². The first kappa shape index (κ1) is 24.0. The predicted molar refractivity (Wildman–Crippen MR) is 138 cm³/mol. The molecule has 5 rings (SSSR count). The van der Waals surface area contributed by atoms with Gasteiger partial charge in [-0.05, 0) is 50.1 Å².